The molecular weight excluding hydrogens is 308 g/mol. The second kappa shape index (κ2) is 7.66. The Morgan fingerprint density at radius 1 is 1.48 bits per heavy atom. The Balaban J connectivity index is 1.46. The number of nitrogens with one attached hydrogen (secondary N) is 1. The van der Waals surface area contributed by atoms with Gasteiger partial charge in [-0.25, -0.2) is 0 Å². The van der Waals surface area contributed by atoms with Crippen LogP contribution in [0, 0.1) is 0 Å². The van der Waals surface area contributed by atoms with E-state index in [2.05, 4.69) is 39.0 Å². The van der Waals surface area contributed by atoms with Crippen LogP contribution in [0.4, 0.5) is 0 Å². The molecule has 2 atom stereocenters. The highest BCUT2D eigenvalue weighted by Gasteiger charge is 2.31. The lowest BCUT2D eigenvalue weighted by Crippen LogP contribution is -2.36. The van der Waals surface area contributed by atoms with Crippen LogP contribution in [0.2, 0.25) is 0 Å². The zero-order chi connectivity index (χ0) is 16.1. The number of thiophene rings is 1. The van der Waals surface area contributed by atoms with E-state index in [1.165, 1.54) is 5.56 Å². The molecule has 0 saturated carbocycles. The summed E-state index contributed by atoms with van der Waals surface area (Å²) in [6.07, 6.45) is 7.22. The number of carbonyl (C=O) groups is 1. The number of aryl methyl sites for hydroxylation is 1. The average Bonchev–Trinajstić information content (AvgIpc) is 3.21. The molecule has 6 heteroatoms. The van der Waals surface area contributed by atoms with E-state index in [1.54, 1.807) is 29.9 Å². The van der Waals surface area contributed by atoms with Gasteiger partial charge in [0.15, 0.2) is 0 Å². The lowest BCUT2D eigenvalue weighted by atomic mass is 10.2. The molecule has 122 valence electrons. The minimum atomic E-state index is 0.211. The van der Waals surface area contributed by atoms with E-state index < -0.39 is 0 Å². The molecule has 1 aliphatic heterocycles. The minimum absolute atomic E-state index is 0.211. The van der Waals surface area contributed by atoms with Crippen molar-refractivity contribution in [3.05, 3.63) is 46.7 Å². The van der Waals surface area contributed by atoms with Crippen LogP contribution in [0.5, 0.6) is 0 Å². The number of rotatable bonds is 6. The molecule has 1 fully saturated rings. The standard InChI is InChI=1S/C17H22N4OS/c1-13-8-16(20-9-14-4-7-23-12-14)11-21(13)17(22)3-2-15-10-18-5-6-19-15/h4-7,10,12-13,16,20H,2-3,8-9,11H2,1H3. The molecule has 0 aliphatic carbocycles. The molecule has 23 heavy (non-hydrogen) atoms. The fourth-order valence-corrected chi connectivity index (χ4v) is 3.69. The summed E-state index contributed by atoms with van der Waals surface area (Å²) in [5.41, 5.74) is 2.19. The van der Waals surface area contributed by atoms with E-state index in [-0.39, 0.29) is 5.91 Å². The highest BCUT2D eigenvalue weighted by molar-refractivity contribution is 7.07. The smallest absolute Gasteiger partial charge is 0.223 e. The van der Waals surface area contributed by atoms with Crippen LogP contribution < -0.4 is 5.32 Å². The molecule has 2 aromatic heterocycles. The van der Waals surface area contributed by atoms with Crippen LogP contribution in [0.25, 0.3) is 0 Å². The molecule has 3 heterocycles. The van der Waals surface area contributed by atoms with E-state index in [4.69, 9.17) is 0 Å². The number of likely N-dealkylation sites (tertiary alicyclic amines) is 1. The van der Waals surface area contributed by atoms with Crippen LogP contribution in [0.1, 0.15) is 31.0 Å². The number of carbonyl (C=O) groups excluding carboxylic acids is 1. The van der Waals surface area contributed by atoms with Gasteiger partial charge in [-0.2, -0.15) is 11.3 Å². The SMILES string of the molecule is CC1CC(NCc2ccsc2)CN1C(=O)CCc1cnccn1. The van der Waals surface area contributed by atoms with Crippen molar-refractivity contribution < 1.29 is 4.79 Å². The predicted octanol–water partition coefficient (Wildman–Crippen LogP) is 2.25. The number of aromatic nitrogens is 2. The molecule has 1 saturated heterocycles. The fraction of sp³-hybridized carbons (Fsp3) is 0.471. The van der Waals surface area contributed by atoms with E-state index in [9.17, 15) is 4.79 Å². The van der Waals surface area contributed by atoms with Crippen molar-refractivity contribution in [3.8, 4) is 0 Å². The zero-order valence-electron chi connectivity index (χ0n) is 13.3. The van der Waals surface area contributed by atoms with Gasteiger partial charge in [0, 0.05) is 50.2 Å². The molecule has 3 rings (SSSR count). The van der Waals surface area contributed by atoms with Crippen LogP contribution >= 0.6 is 11.3 Å². The molecule has 1 N–H and O–H groups in total. The summed E-state index contributed by atoms with van der Waals surface area (Å²) in [6, 6.07) is 2.81. The molecule has 1 amide bonds. The van der Waals surface area contributed by atoms with Gasteiger partial charge < -0.3 is 10.2 Å². The molecule has 2 unspecified atom stereocenters. The molecule has 0 spiro atoms. The Hall–Kier alpha value is -1.79. The number of nitrogens with zero attached hydrogens (tertiary/aromatic N) is 3. The molecule has 0 radical (unpaired) electrons. The Morgan fingerprint density at radius 2 is 2.39 bits per heavy atom. The summed E-state index contributed by atoms with van der Waals surface area (Å²) in [6.45, 7) is 3.81. The number of amides is 1. The van der Waals surface area contributed by atoms with Crippen molar-refractivity contribution >= 4 is 17.2 Å². The maximum absolute atomic E-state index is 12.5. The maximum atomic E-state index is 12.5. The van der Waals surface area contributed by atoms with Crippen LogP contribution in [-0.2, 0) is 17.8 Å². The topological polar surface area (TPSA) is 58.1 Å². The summed E-state index contributed by atoms with van der Waals surface area (Å²) >= 11 is 1.72. The van der Waals surface area contributed by atoms with Gasteiger partial charge in [0.05, 0.1) is 5.69 Å². The Kier molecular flexibility index (Phi) is 5.35. The molecule has 0 bridgehead atoms. The Bertz CT molecular complexity index is 617. The molecular formula is C17H22N4OS. The summed E-state index contributed by atoms with van der Waals surface area (Å²) in [5.74, 6) is 0.211. The third kappa shape index (κ3) is 4.36. The van der Waals surface area contributed by atoms with Gasteiger partial charge in [0.1, 0.15) is 0 Å². The number of hydrogen-bond donors (Lipinski definition) is 1. The predicted molar refractivity (Wildman–Crippen MR) is 91.1 cm³/mol. The first kappa shape index (κ1) is 16.1. The first-order chi connectivity index (χ1) is 11.2. The molecule has 1 aliphatic rings. The van der Waals surface area contributed by atoms with Crippen molar-refractivity contribution in [2.75, 3.05) is 6.54 Å². The largest absolute Gasteiger partial charge is 0.338 e. The normalized spacial score (nSPS) is 20.8. The first-order valence-corrected chi connectivity index (χ1v) is 8.95. The maximum Gasteiger partial charge on any atom is 0.223 e. The highest BCUT2D eigenvalue weighted by Crippen LogP contribution is 2.19. The average molecular weight is 330 g/mol. The third-order valence-corrected chi connectivity index (χ3v) is 5.01. The van der Waals surface area contributed by atoms with Gasteiger partial charge in [0.2, 0.25) is 5.91 Å². The van der Waals surface area contributed by atoms with Gasteiger partial charge >= 0.3 is 0 Å². The third-order valence-electron chi connectivity index (χ3n) is 4.28. The first-order valence-electron chi connectivity index (χ1n) is 8.01. The van der Waals surface area contributed by atoms with Crippen LogP contribution in [0.15, 0.2) is 35.4 Å². The number of hydrogen-bond acceptors (Lipinski definition) is 5. The Labute approximate surface area is 140 Å². The molecule has 0 aromatic carbocycles. The van der Waals surface area contributed by atoms with E-state index in [0.29, 0.717) is 24.9 Å². The highest BCUT2D eigenvalue weighted by atomic mass is 32.1. The van der Waals surface area contributed by atoms with Crippen molar-refractivity contribution in [1.29, 1.82) is 0 Å². The van der Waals surface area contributed by atoms with Crippen molar-refractivity contribution in [1.82, 2.24) is 20.2 Å². The van der Waals surface area contributed by atoms with Crippen molar-refractivity contribution in [3.63, 3.8) is 0 Å². The molecule has 2 aromatic rings. The quantitative estimate of drug-likeness (QED) is 0.882. The van der Waals surface area contributed by atoms with Gasteiger partial charge in [-0.3, -0.25) is 14.8 Å². The summed E-state index contributed by atoms with van der Waals surface area (Å²) < 4.78 is 0. The second-order valence-electron chi connectivity index (χ2n) is 6.04. The minimum Gasteiger partial charge on any atom is -0.338 e. The van der Waals surface area contributed by atoms with Gasteiger partial charge in [-0.15, -0.1) is 0 Å². The molecule has 5 nitrogen and oxygen atoms in total. The van der Waals surface area contributed by atoms with Crippen molar-refractivity contribution in [2.45, 2.75) is 44.8 Å². The summed E-state index contributed by atoms with van der Waals surface area (Å²) in [5, 5.41) is 7.82. The Morgan fingerprint density at radius 3 is 3.13 bits per heavy atom. The van der Waals surface area contributed by atoms with E-state index in [0.717, 1.165) is 25.2 Å². The lowest BCUT2D eigenvalue weighted by Gasteiger charge is -2.21. The van der Waals surface area contributed by atoms with Crippen LogP contribution in [0.3, 0.4) is 0 Å². The lowest BCUT2D eigenvalue weighted by molar-refractivity contribution is -0.131. The van der Waals surface area contributed by atoms with Gasteiger partial charge in [-0.1, -0.05) is 0 Å². The van der Waals surface area contributed by atoms with Gasteiger partial charge in [-0.05, 0) is 42.2 Å². The van der Waals surface area contributed by atoms with Gasteiger partial charge in [0.25, 0.3) is 0 Å². The zero-order valence-corrected chi connectivity index (χ0v) is 14.1. The summed E-state index contributed by atoms with van der Waals surface area (Å²) in [4.78, 5) is 22.7. The van der Waals surface area contributed by atoms with E-state index >= 15 is 0 Å². The van der Waals surface area contributed by atoms with Crippen molar-refractivity contribution in [2.24, 2.45) is 0 Å². The van der Waals surface area contributed by atoms with Crippen LogP contribution in [-0.4, -0.2) is 39.4 Å². The monoisotopic (exact) mass is 330 g/mol. The van der Waals surface area contributed by atoms with E-state index in [1.807, 2.05) is 4.90 Å². The second-order valence-corrected chi connectivity index (χ2v) is 6.82. The fourth-order valence-electron chi connectivity index (χ4n) is 3.02. The summed E-state index contributed by atoms with van der Waals surface area (Å²) in [7, 11) is 0.